The third-order valence-corrected chi connectivity index (χ3v) is 2.19. The molecule has 0 atom stereocenters. The Morgan fingerprint density at radius 1 is 1.44 bits per heavy atom. The van der Waals surface area contributed by atoms with Gasteiger partial charge in [0.05, 0.1) is 19.6 Å². The molecule has 0 aliphatic carbocycles. The van der Waals surface area contributed by atoms with Crippen LogP contribution in [0.4, 0.5) is 5.69 Å². The molecule has 0 aliphatic rings. The molecule has 3 N–H and O–H groups in total. The molecule has 0 saturated heterocycles. The number of carbonyl (C=O) groups excluding carboxylic acids is 1. The standard InChI is InChI=1S/C13H20N2O3/c1-2-17-13(16)6-9-18-12-5-3-4-11(10-12)15-8-7-14/h3-5,10,15H,2,6-9,14H2,1H3. The predicted molar refractivity (Wildman–Crippen MR) is 70.7 cm³/mol. The molecule has 0 amide bonds. The first-order chi connectivity index (χ1) is 8.76. The summed E-state index contributed by atoms with van der Waals surface area (Å²) >= 11 is 0. The topological polar surface area (TPSA) is 73.6 Å². The van der Waals surface area contributed by atoms with E-state index in [1.165, 1.54) is 0 Å². The first-order valence-electron chi connectivity index (χ1n) is 6.08. The van der Waals surface area contributed by atoms with E-state index < -0.39 is 0 Å². The number of anilines is 1. The van der Waals surface area contributed by atoms with Crippen LogP contribution in [-0.2, 0) is 9.53 Å². The molecular formula is C13H20N2O3. The van der Waals surface area contributed by atoms with Crippen molar-refractivity contribution in [2.45, 2.75) is 13.3 Å². The molecule has 18 heavy (non-hydrogen) atoms. The van der Waals surface area contributed by atoms with Crippen molar-refractivity contribution in [2.24, 2.45) is 5.73 Å². The number of nitrogens with two attached hydrogens (primary N) is 1. The number of carbonyl (C=O) groups is 1. The van der Waals surface area contributed by atoms with Gasteiger partial charge in [0, 0.05) is 24.8 Å². The summed E-state index contributed by atoms with van der Waals surface area (Å²) in [5, 5.41) is 3.16. The Kier molecular flexibility index (Phi) is 6.64. The third-order valence-electron chi connectivity index (χ3n) is 2.19. The van der Waals surface area contributed by atoms with Crippen LogP contribution in [0.1, 0.15) is 13.3 Å². The number of nitrogens with one attached hydrogen (secondary N) is 1. The highest BCUT2D eigenvalue weighted by atomic mass is 16.5. The lowest BCUT2D eigenvalue weighted by atomic mass is 10.3. The third kappa shape index (κ3) is 5.54. The van der Waals surface area contributed by atoms with Gasteiger partial charge in [-0.2, -0.15) is 0 Å². The van der Waals surface area contributed by atoms with E-state index in [2.05, 4.69) is 5.32 Å². The number of ether oxygens (including phenoxy) is 2. The van der Waals surface area contributed by atoms with Gasteiger partial charge in [0.25, 0.3) is 0 Å². The zero-order chi connectivity index (χ0) is 13.2. The van der Waals surface area contributed by atoms with Crippen molar-refractivity contribution in [3.05, 3.63) is 24.3 Å². The molecular weight excluding hydrogens is 232 g/mol. The smallest absolute Gasteiger partial charge is 0.309 e. The summed E-state index contributed by atoms with van der Waals surface area (Å²) in [6.45, 7) is 3.79. The minimum absolute atomic E-state index is 0.241. The average molecular weight is 252 g/mol. The first-order valence-corrected chi connectivity index (χ1v) is 6.08. The number of hydrogen-bond donors (Lipinski definition) is 2. The highest BCUT2D eigenvalue weighted by Crippen LogP contribution is 2.17. The van der Waals surface area contributed by atoms with Crippen molar-refractivity contribution in [2.75, 3.05) is 31.6 Å². The summed E-state index contributed by atoms with van der Waals surface area (Å²) in [6, 6.07) is 7.55. The molecule has 0 aliphatic heterocycles. The highest BCUT2D eigenvalue weighted by Gasteiger charge is 2.02. The first kappa shape index (κ1) is 14.3. The lowest BCUT2D eigenvalue weighted by molar-refractivity contribution is -0.143. The van der Waals surface area contributed by atoms with Gasteiger partial charge in [-0.1, -0.05) is 6.07 Å². The minimum Gasteiger partial charge on any atom is -0.493 e. The molecule has 1 aromatic rings. The Balaban J connectivity index is 2.35. The maximum Gasteiger partial charge on any atom is 0.309 e. The Morgan fingerprint density at radius 2 is 2.28 bits per heavy atom. The van der Waals surface area contributed by atoms with Crippen molar-refractivity contribution in [1.82, 2.24) is 0 Å². The van der Waals surface area contributed by atoms with Crippen LogP contribution in [0.5, 0.6) is 5.75 Å². The van der Waals surface area contributed by atoms with Gasteiger partial charge in [-0.25, -0.2) is 0 Å². The second-order valence-corrected chi connectivity index (χ2v) is 3.65. The van der Waals surface area contributed by atoms with Crippen molar-refractivity contribution in [3.63, 3.8) is 0 Å². The zero-order valence-corrected chi connectivity index (χ0v) is 10.6. The van der Waals surface area contributed by atoms with Crippen molar-refractivity contribution in [1.29, 1.82) is 0 Å². The summed E-state index contributed by atoms with van der Waals surface area (Å²) in [4.78, 5) is 11.1. The summed E-state index contributed by atoms with van der Waals surface area (Å²) in [7, 11) is 0. The second kappa shape index (κ2) is 8.36. The summed E-state index contributed by atoms with van der Waals surface area (Å²) in [5.41, 5.74) is 6.36. The number of esters is 1. The van der Waals surface area contributed by atoms with E-state index in [4.69, 9.17) is 15.2 Å². The van der Waals surface area contributed by atoms with E-state index in [1.807, 2.05) is 24.3 Å². The van der Waals surface area contributed by atoms with Crippen LogP contribution in [0.3, 0.4) is 0 Å². The van der Waals surface area contributed by atoms with E-state index in [0.29, 0.717) is 26.3 Å². The van der Waals surface area contributed by atoms with Crippen LogP contribution in [0.15, 0.2) is 24.3 Å². The zero-order valence-electron chi connectivity index (χ0n) is 10.6. The fourth-order valence-electron chi connectivity index (χ4n) is 1.40. The van der Waals surface area contributed by atoms with Crippen LogP contribution in [0.25, 0.3) is 0 Å². The van der Waals surface area contributed by atoms with E-state index in [-0.39, 0.29) is 12.4 Å². The number of rotatable bonds is 8. The molecule has 0 heterocycles. The lowest BCUT2D eigenvalue weighted by Gasteiger charge is -2.09. The van der Waals surface area contributed by atoms with Gasteiger partial charge in [0.15, 0.2) is 0 Å². The van der Waals surface area contributed by atoms with E-state index in [1.54, 1.807) is 6.92 Å². The molecule has 0 spiro atoms. The molecule has 5 nitrogen and oxygen atoms in total. The summed E-state index contributed by atoms with van der Waals surface area (Å²) in [5.74, 6) is 0.483. The van der Waals surface area contributed by atoms with E-state index in [9.17, 15) is 4.79 Å². The monoisotopic (exact) mass is 252 g/mol. The Morgan fingerprint density at radius 3 is 3.00 bits per heavy atom. The fourth-order valence-corrected chi connectivity index (χ4v) is 1.40. The van der Waals surface area contributed by atoms with Gasteiger partial charge in [0.1, 0.15) is 5.75 Å². The summed E-state index contributed by atoms with van der Waals surface area (Å²) < 4.78 is 10.3. The maximum absolute atomic E-state index is 11.1. The largest absolute Gasteiger partial charge is 0.493 e. The van der Waals surface area contributed by atoms with Crippen molar-refractivity contribution >= 4 is 11.7 Å². The second-order valence-electron chi connectivity index (χ2n) is 3.65. The molecule has 0 unspecified atom stereocenters. The van der Waals surface area contributed by atoms with Crippen LogP contribution in [-0.4, -0.2) is 32.3 Å². The molecule has 0 aromatic heterocycles. The van der Waals surface area contributed by atoms with Gasteiger partial charge in [-0.15, -0.1) is 0 Å². The maximum atomic E-state index is 11.1. The van der Waals surface area contributed by atoms with Crippen LogP contribution in [0.2, 0.25) is 0 Å². The van der Waals surface area contributed by atoms with Crippen LogP contribution >= 0.6 is 0 Å². The van der Waals surface area contributed by atoms with Crippen molar-refractivity contribution < 1.29 is 14.3 Å². The van der Waals surface area contributed by atoms with Gasteiger partial charge in [-0.3, -0.25) is 4.79 Å². The predicted octanol–water partition coefficient (Wildman–Crippen LogP) is 1.39. The van der Waals surface area contributed by atoms with Gasteiger partial charge >= 0.3 is 5.97 Å². The normalized spacial score (nSPS) is 9.89. The molecule has 0 bridgehead atoms. The van der Waals surface area contributed by atoms with Crippen LogP contribution < -0.4 is 15.8 Å². The molecule has 5 heteroatoms. The molecule has 100 valence electrons. The lowest BCUT2D eigenvalue weighted by Crippen LogP contribution is -2.13. The fraction of sp³-hybridized carbons (Fsp3) is 0.462. The van der Waals surface area contributed by atoms with Crippen LogP contribution in [0, 0.1) is 0 Å². The van der Waals surface area contributed by atoms with Gasteiger partial charge in [-0.05, 0) is 19.1 Å². The minimum atomic E-state index is -0.241. The molecule has 0 radical (unpaired) electrons. The Labute approximate surface area is 107 Å². The molecule has 1 rings (SSSR count). The quantitative estimate of drug-likeness (QED) is 0.684. The highest BCUT2D eigenvalue weighted by molar-refractivity contribution is 5.69. The molecule has 1 aromatic carbocycles. The molecule has 0 saturated carbocycles. The van der Waals surface area contributed by atoms with Crippen molar-refractivity contribution in [3.8, 4) is 5.75 Å². The summed E-state index contributed by atoms with van der Waals surface area (Å²) in [6.07, 6.45) is 0.258. The Bertz CT molecular complexity index is 369. The molecule has 0 fully saturated rings. The number of hydrogen-bond acceptors (Lipinski definition) is 5. The van der Waals surface area contributed by atoms with Gasteiger partial charge in [0.2, 0.25) is 0 Å². The number of benzene rings is 1. The Hall–Kier alpha value is -1.75. The van der Waals surface area contributed by atoms with Gasteiger partial charge < -0.3 is 20.5 Å². The van der Waals surface area contributed by atoms with E-state index >= 15 is 0 Å². The average Bonchev–Trinajstić information content (AvgIpc) is 2.37. The SMILES string of the molecule is CCOC(=O)CCOc1cccc(NCCN)c1. The van der Waals surface area contributed by atoms with E-state index in [0.717, 1.165) is 11.4 Å².